The summed E-state index contributed by atoms with van der Waals surface area (Å²) in [5.41, 5.74) is -1.38. The summed E-state index contributed by atoms with van der Waals surface area (Å²) in [5, 5.41) is 26.1. The van der Waals surface area contributed by atoms with Crippen molar-refractivity contribution in [1.29, 1.82) is 5.26 Å². The van der Waals surface area contributed by atoms with Crippen LogP contribution in [-0.4, -0.2) is 38.0 Å². The average Bonchev–Trinajstić information content (AvgIpc) is 3.06. The summed E-state index contributed by atoms with van der Waals surface area (Å²) >= 11 is 0. The van der Waals surface area contributed by atoms with E-state index < -0.39 is 29.8 Å². The molecule has 0 radical (unpaired) electrons. The summed E-state index contributed by atoms with van der Waals surface area (Å²) in [6, 6.07) is 4.69. The number of alkyl halides is 2. The topological polar surface area (TPSA) is 94.2 Å². The first-order chi connectivity index (χ1) is 14.7. The molecule has 1 aromatic carbocycles. The average molecular weight is 429 g/mol. The maximum Gasteiger partial charge on any atom is 0.322 e. The third-order valence-electron chi connectivity index (χ3n) is 5.61. The van der Waals surface area contributed by atoms with E-state index >= 15 is 0 Å². The molecule has 1 aromatic heterocycles. The van der Waals surface area contributed by atoms with E-state index in [0.29, 0.717) is 5.69 Å². The zero-order chi connectivity index (χ0) is 22.4. The van der Waals surface area contributed by atoms with Crippen LogP contribution in [0.5, 0.6) is 0 Å². The lowest BCUT2D eigenvalue weighted by molar-refractivity contribution is -0.0300. The maximum atomic E-state index is 14.9. The zero-order valence-electron chi connectivity index (χ0n) is 16.3. The molecule has 0 saturated carbocycles. The smallest absolute Gasteiger partial charge is 0.322 e. The number of hydrogen-bond donors (Lipinski definition) is 2. The molecule has 0 aliphatic carbocycles. The number of fused-ring (bicyclic) bond motifs is 3. The molecule has 2 aromatic rings. The lowest BCUT2D eigenvalue weighted by Gasteiger charge is -2.28. The third kappa shape index (κ3) is 3.71. The van der Waals surface area contributed by atoms with Gasteiger partial charge >= 0.3 is 6.03 Å². The number of hydrogen-bond acceptors (Lipinski definition) is 4. The minimum absolute atomic E-state index is 0.104. The van der Waals surface area contributed by atoms with Gasteiger partial charge in [0.05, 0.1) is 24.3 Å². The molecule has 2 aliphatic rings. The van der Waals surface area contributed by atoms with Crippen LogP contribution in [0.3, 0.4) is 0 Å². The van der Waals surface area contributed by atoms with E-state index in [2.05, 4.69) is 16.3 Å². The fourth-order valence-electron chi connectivity index (χ4n) is 3.94. The van der Waals surface area contributed by atoms with Gasteiger partial charge in [0.25, 0.3) is 5.92 Å². The Kier molecular flexibility index (Phi) is 4.91. The molecule has 3 heterocycles. The number of anilines is 1. The van der Waals surface area contributed by atoms with Crippen LogP contribution in [0.25, 0.3) is 0 Å². The van der Waals surface area contributed by atoms with Crippen molar-refractivity contribution >= 4 is 11.7 Å². The molecule has 7 nitrogen and oxygen atoms in total. The van der Waals surface area contributed by atoms with Crippen molar-refractivity contribution in [3.05, 3.63) is 46.5 Å². The van der Waals surface area contributed by atoms with Gasteiger partial charge in [-0.3, -0.25) is 4.68 Å². The number of nitriles is 1. The number of nitrogens with one attached hydrogen (secondary N) is 1. The number of amides is 2. The molecule has 4 rings (SSSR count). The Morgan fingerprint density at radius 1 is 1.35 bits per heavy atom. The molecule has 0 unspecified atom stereocenters. The highest BCUT2D eigenvalue weighted by Crippen LogP contribution is 2.42. The van der Waals surface area contributed by atoms with Crippen LogP contribution < -0.4 is 5.32 Å². The summed E-state index contributed by atoms with van der Waals surface area (Å²) < 4.78 is 44.4. The van der Waals surface area contributed by atoms with Crippen LogP contribution in [0.4, 0.5) is 23.7 Å². The van der Waals surface area contributed by atoms with Crippen molar-refractivity contribution < 1.29 is 23.1 Å². The molecule has 160 valence electrons. The number of halogens is 3. The molecule has 0 spiro atoms. The van der Waals surface area contributed by atoms with Gasteiger partial charge in [-0.25, -0.2) is 9.18 Å². The second kappa shape index (κ2) is 7.33. The van der Waals surface area contributed by atoms with Crippen molar-refractivity contribution in [3.8, 4) is 18.4 Å². The number of rotatable bonds is 1. The molecule has 2 N–H and O–H groups in total. The summed E-state index contributed by atoms with van der Waals surface area (Å²) in [5.74, 6) is -1.79. The molecule has 10 heteroatoms. The van der Waals surface area contributed by atoms with Gasteiger partial charge in [-0.05, 0) is 24.6 Å². The van der Waals surface area contributed by atoms with E-state index in [1.54, 1.807) is 6.07 Å². The van der Waals surface area contributed by atoms with Gasteiger partial charge in [-0.1, -0.05) is 5.92 Å². The van der Waals surface area contributed by atoms with Crippen molar-refractivity contribution in [1.82, 2.24) is 14.7 Å². The number of carbonyl (C=O) groups is 1. The number of aliphatic hydroxyl groups is 1. The number of aromatic nitrogens is 2. The first-order valence-corrected chi connectivity index (χ1v) is 9.58. The highest BCUT2D eigenvalue weighted by atomic mass is 19.3. The van der Waals surface area contributed by atoms with Gasteiger partial charge in [0.2, 0.25) is 0 Å². The van der Waals surface area contributed by atoms with Gasteiger partial charge in [0, 0.05) is 30.6 Å². The molecule has 31 heavy (non-hydrogen) atoms. The first kappa shape index (κ1) is 20.8. The number of nitrogens with zero attached hydrogens (tertiary/aromatic N) is 4. The number of carbonyl (C=O) groups excluding carboxylic acids is 1. The molecule has 0 saturated heterocycles. The van der Waals surface area contributed by atoms with Crippen molar-refractivity contribution in [3.63, 3.8) is 0 Å². The number of terminal acetylenes is 1. The summed E-state index contributed by atoms with van der Waals surface area (Å²) in [4.78, 5) is 14.0. The number of urea groups is 1. The predicted molar refractivity (Wildman–Crippen MR) is 103 cm³/mol. The van der Waals surface area contributed by atoms with Gasteiger partial charge < -0.3 is 15.3 Å². The van der Waals surface area contributed by atoms with Crippen LogP contribution in [-0.2, 0) is 25.4 Å². The van der Waals surface area contributed by atoms with Crippen molar-refractivity contribution in [2.45, 2.75) is 43.9 Å². The minimum Gasteiger partial charge on any atom is -0.376 e. The Morgan fingerprint density at radius 2 is 2.13 bits per heavy atom. The van der Waals surface area contributed by atoms with Gasteiger partial charge in [-0.15, -0.1) is 6.42 Å². The second-order valence-corrected chi connectivity index (χ2v) is 7.72. The van der Waals surface area contributed by atoms with E-state index in [1.807, 2.05) is 0 Å². The summed E-state index contributed by atoms with van der Waals surface area (Å²) in [6.45, 7) is -0.125. The predicted octanol–water partition coefficient (Wildman–Crippen LogP) is 2.73. The minimum atomic E-state index is -3.26. The third-order valence-corrected chi connectivity index (χ3v) is 5.61. The highest BCUT2D eigenvalue weighted by Gasteiger charge is 2.46. The molecule has 0 bridgehead atoms. The van der Waals surface area contributed by atoms with E-state index in [0.717, 1.165) is 10.7 Å². The van der Waals surface area contributed by atoms with E-state index in [-0.39, 0.29) is 55.0 Å². The Hall–Kier alpha value is -3.50. The van der Waals surface area contributed by atoms with E-state index in [1.165, 1.54) is 17.0 Å². The van der Waals surface area contributed by atoms with Gasteiger partial charge in [0.15, 0.2) is 0 Å². The molecule has 2 amide bonds. The SMILES string of the molecule is C#C[C@@]1(O)CCC(F)(F)c2c3c(nn2C1)CCN(C(=O)Nc1ccc(F)c(C#N)c1)C3. The van der Waals surface area contributed by atoms with Crippen LogP contribution >= 0.6 is 0 Å². The normalized spacial score (nSPS) is 21.8. The van der Waals surface area contributed by atoms with E-state index in [9.17, 15) is 23.1 Å². The maximum absolute atomic E-state index is 14.9. The fourth-order valence-corrected chi connectivity index (χ4v) is 3.94. The largest absolute Gasteiger partial charge is 0.376 e. The lowest BCUT2D eigenvalue weighted by atomic mass is 9.96. The van der Waals surface area contributed by atoms with Gasteiger partial charge in [0.1, 0.15) is 23.2 Å². The second-order valence-electron chi connectivity index (χ2n) is 7.72. The first-order valence-electron chi connectivity index (χ1n) is 9.58. The Bertz CT molecular complexity index is 1150. The monoisotopic (exact) mass is 429 g/mol. The molecule has 1 atom stereocenters. The Morgan fingerprint density at radius 3 is 2.84 bits per heavy atom. The van der Waals surface area contributed by atoms with Crippen LogP contribution in [0, 0.1) is 29.5 Å². The Balaban J connectivity index is 1.60. The van der Waals surface area contributed by atoms with Crippen LogP contribution in [0.1, 0.15) is 35.4 Å². The van der Waals surface area contributed by atoms with Gasteiger partial charge in [-0.2, -0.15) is 19.1 Å². The standard InChI is InChI=1S/C21H18F3N5O2/c1-2-20(31)6-7-21(23,24)18-15-11-28(8-5-17(15)27-29(18)12-20)19(30)26-14-3-4-16(22)13(9-14)10-25/h1,3-4,9,31H,5-8,11-12H2,(H,26,30)/t20-/m1/s1. The van der Waals surface area contributed by atoms with Crippen molar-refractivity contribution in [2.24, 2.45) is 0 Å². The Labute approximate surface area is 176 Å². The molecule has 0 fully saturated rings. The van der Waals surface area contributed by atoms with Crippen LogP contribution in [0.2, 0.25) is 0 Å². The fraction of sp³-hybridized carbons (Fsp3) is 0.381. The molecule has 2 aliphatic heterocycles. The molecular weight excluding hydrogens is 411 g/mol. The quantitative estimate of drug-likeness (QED) is 0.682. The summed E-state index contributed by atoms with van der Waals surface area (Å²) in [6.07, 6.45) is 4.69. The lowest BCUT2D eigenvalue weighted by Crippen LogP contribution is -2.39. The molecular formula is C21H18F3N5O2. The summed E-state index contributed by atoms with van der Waals surface area (Å²) in [7, 11) is 0. The van der Waals surface area contributed by atoms with Crippen molar-refractivity contribution in [2.75, 3.05) is 11.9 Å². The van der Waals surface area contributed by atoms with E-state index in [4.69, 9.17) is 11.7 Å². The number of benzene rings is 1. The highest BCUT2D eigenvalue weighted by molar-refractivity contribution is 5.89. The zero-order valence-corrected chi connectivity index (χ0v) is 16.3. The van der Waals surface area contributed by atoms with Crippen LogP contribution in [0.15, 0.2) is 18.2 Å².